The van der Waals surface area contributed by atoms with Crippen LogP contribution in [0.5, 0.6) is 0 Å². The first-order valence-electron chi connectivity index (χ1n) is 38.8. The summed E-state index contributed by atoms with van der Waals surface area (Å²) in [6.07, 6.45) is -10.2. The maximum atomic E-state index is 13.8. The Bertz CT molecular complexity index is 2910. The number of unbranched alkanes of at least 4 members (excludes halogenated alkanes) is 9. The van der Waals surface area contributed by atoms with Gasteiger partial charge in [-0.25, -0.2) is 0 Å². The van der Waals surface area contributed by atoms with Gasteiger partial charge in [0, 0.05) is 160 Å². The number of aliphatic carboxylic acids is 1. The molecule has 0 saturated carbocycles. The molecule has 0 aromatic rings. The zero-order valence-corrected chi connectivity index (χ0v) is 67.9. The van der Waals surface area contributed by atoms with Crippen LogP contribution in [0, 0.1) is 0 Å². The Balaban J connectivity index is 1.74. The number of carbonyl (C=O) groups excluding carboxylic acids is 16. The Hall–Kier alpha value is -9.25. The minimum Gasteiger partial charge on any atom is -0.481 e. The molecule has 115 heavy (non-hydrogen) atoms. The van der Waals surface area contributed by atoms with Gasteiger partial charge in [-0.3, -0.25) is 81.5 Å². The van der Waals surface area contributed by atoms with Gasteiger partial charge in [0.1, 0.15) is 56.3 Å². The highest BCUT2D eigenvalue weighted by Gasteiger charge is 2.54. The van der Waals surface area contributed by atoms with E-state index in [1.165, 1.54) is 20.8 Å². The van der Waals surface area contributed by atoms with Gasteiger partial charge in [0.05, 0.1) is 0 Å². The van der Waals surface area contributed by atoms with E-state index in [0.717, 1.165) is 62.3 Å². The molecule has 3 fully saturated rings. The Morgan fingerprint density at radius 1 is 0.304 bits per heavy atom. The van der Waals surface area contributed by atoms with Crippen LogP contribution in [-0.4, -0.2) is 263 Å². The lowest BCUT2D eigenvalue weighted by atomic mass is 9.82. The first-order chi connectivity index (χ1) is 54.4. The molecule has 3 rings (SSSR count). The summed E-state index contributed by atoms with van der Waals surface area (Å²) in [6, 6.07) is -3.48. The molecule has 40 nitrogen and oxygen atoms in total. The summed E-state index contributed by atoms with van der Waals surface area (Å²) in [5, 5.41) is 29.0. The molecule has 3 heterocycles. The maximum Gasteiger partial charge on any atom is 0.303 e. The lowest BCUT2D eigenvalue weighted by Gasteiger charge is -2.44. The van der Waals surface area contributed by atoms with E-state index in [0.29, 0.717) is 77.0 Å². The van der Waals surface area contributed by atoms with Crippen LogP contribution in [-0.2, 0) is 153 Å². The van der Waals surface area contributed by atoms with Gasteiger partial charge in [-0.15, -0.1) is 0 Å². The number of rotatable bonds is 53. The first-order valence-corrected chi connectivity index (χ1v) is 38.8. The van der Waals surface area contributed by atoms with E-state index < -0.39 is 218 Å². The van der Waals surface area contributed by atoms with Crippen LogP contribution in [0.4, 0.5) is 0 Å². The zero-order valence-electron chi connectivity index (χ0n) is 67.9. The van der Waals surface area contributed by atoms with Crippen LogP contribution in [0.3, 0.4) is 0 Å². The number of carboxylic acid groups (broad SMARTS) is 1. The van der Waals surface area contributed by atoms with Crippen molar-refractivity contribution in [1.29, 1.82) is 0 Å². The molecule has 0 aromatic carbocycles. The molecule has 3 saturated heterocycles. The van der Waals surface area contributed by atoms with Crippen molar-refractivity contribution in [3.05, 3.63) is 0 Å². The van der Waals surface area contributed by atoms with Crippen molar-refractivity contribution < 1.29 is 158 Å². The summed E-state index contributed by atoms with van der Waals surface area (Å²) in [5.41, 5.74) is -1.37. The van der Waals surface area contributed by atoms with E-state index in [2.05, 4.69) is 37.2 Å². The molecule has 0 bridgehead atoms. The third kappa shape index (κ3) is 41.2. The monoisotopic (exact) mass is 1650 g/mol. The number of nitrogens with one attached hydrogen (secondary N) is 7. The molecule has 15 atom stereocenters. The molecule has 0 spiro atoms. The Kier molecular flexibility index (Phi) is 46.8. The Morgan fingerprint density at radius 2 is 0.565 bits per heavy atom. The fraction of sp³-hybridized carbons (Fsp3) is 0.773. The molecule has 15 unspecified atom stereocenters. The standard InChI is InChI=1S/C75H119N7O33/c1-43(83)79-63-69(110-52(10)92)66(107-49(7)89)55(40-104-46(4)86)113-72(63)101-37-22-16-13-19-34-76-58(95)28-31-75(82-61(98)26-25-27-62(99)100,32-29-59(96)77-35-20-14-17-23-38-102-73-64(80-44(2)84)70(111-53(11)93)67(108-50(8)90)56(114-73)41-105-47(5)87)33-30-60(97)78-36-21-15-18-24-39-103-74-65(81-45(3)85)71(112-54(12)94)68(109-51(9)91)57(115-74)42-106-48(6)88/h55-57,63-74H,13-42H2,1-12H3,(H,76,95)(H,77,96)(H,78,97)(H,79,83)(H,80,84)(H,81,85)(H,82,98)(H,99,100). The summed E-state index contributed by atoms with van der Waals surface area (Å²) in [4.78, 5) is 213. The van der Waals surface area contributed by atoms with Gasteiger partial charge in [0.2, 0.25) is 41.4 Å². The average molecular weight is 1650 g/mol. The molecule has 0 aliphatic carbocycles. The minimum absolute atomic E-state index is 0.0425. The largest absolute Gasteiger partial charge is 0.481 e. The molecule has 7 amide bonds. The number of amides is 7. The smallest absolute Gasteiger partial charge is 0.303 e. The lowest BCUT2D eigenvalue weighted by Crippen LogP contribution is -2.66. The zero-order chi connectivity index (χ0) is 85.7. The van der Waals surface area contributed by atoms with Gasteiger partial charge >= 0.3 is 59.7 Å². The van der Waals surface area contributed by atoms with Crippen molar-refractivity contribution in [3.63, 3.8) is 0 Å². The van der Waals surface area contributed by atoms with Crippen LogP contribution in [0.25, 0.3) is 0 Å². The molecular weight excluding hydrogens is 1530 g/mol. The van der Waals surface area contributed by atoms with Gasteiger partial charge in [0.25, 0.3) is 0 Å². The lowest BCUT2D eigenvalue weighted by molar-refractivity contribution is -0.277. The Labute approximate surface area is 668 Å². The number of hydrogen-bond acceptors (Lipinski definition) is 32. The van der Waals surface area contributed by atoms with E-state index in [9.17, 15) is 86.6 Å². The Morgan fingerprint density at radius 3 is 0.809 bits per heavy atom. The van der Waals surface area contributed by atoms with E-state index in [-0.39, 0.29) is 97.2 Å². The van der Waals surface area contributed by atoms with Crippen LogP contribution < -0.4 is 37.2 Å². The van der Waals surface area contributed by atoms with Crippen molar-refractivity contribution in [3.8, 4) is 0 Å². The third-order valence-corrected chi connectivity index (χ3v) is 17.9. The number of esters is 9. The van der Waals surface area contributed by atoms with Gasteiger partial charge < -0.3 is 113 Å². The summed E-state index contributed by atoms with van der Waals surface area (Å²) >= 11 is 0. The van der Waals surface area contributed by atoms with Crippen LogP contribution in [0.1, 0.15) is 218 Å². The highest BCUT2D eigenvalue weighted by molar-refractivity contribution is 5.81. The second-order valence-corrected chi connectivity index (χ2v) is 28.1. The topological polar surface area (TPSA) is 533 Å². The molecule has 0 aromatic heterocycles. The summed E-state index contributed by atoms with van der Waals surface area (Å²) in [7, 11) is 0. The van der Waals surface area contributed by atoms with Crippen LogP contribution in [0.2, 0.25) is 0 Å². The molecule has 8 N–H and O–H groups in total. The highest BCUT2D eigenvalue weighted by atomic mass is 16.7. The predicted molar refractivity (Wildman–Crippen MR) is 394 cm³/mol. The van der Waals surface area contributed by atoms with Crippen molar-refractivity contribution in [2.24, 2.45) is 0 Å². The molecule has 0 radical (unpaired) electrons. The highest BCUT2D eigenvalue weighted by Crippen LogP contribution is 2.33. The van der Waals surface area contributed by atoms with Gasteiger partial charge in [-0.05, 0) is 64.2 Å². The van der Waals surface area contributed by atoms with Crippen molar-refractivity contribution in [2.45, 2.75) is 315 Å². The van der Waals surface area contributed by atoms with E-state index in [1.807, 2.05) is 0 Å². The van der Waals surface area contributed by atoms with Crippen LogP contribution >= 0.6 is 0 Å². The quantitative estimate of drug-likeness (QED) is 0.0243. The predicted octanol–water partition coefficient (Wildman–Crippen LogP) is 1.48. The third-order valence-electron chi connectivity index (χ3n) is 17.9. The first kappa shape index (κ1) is 99.9. The summed E-state index contributed by atoms with van der Waals surface area (Å²) < 4.78 is 84.8. The minimum atomic E-state index is -1.37. The van der Waals surface area contributed by atoms with E-state index in [4.69, 9.17) is 71.1 Å². The SMILES string of the molecule is CC(=O)NC1C(OCCCCCCNC(=O)CCC(CCC(=O)NCCCCCCOC2OC(COC(C)=O)C(OC(C)=O)C(OC(C)=O)C2NC(C)=O)(CCC(=O)NCCCCCCOC2OC(COC(C)=O)C(OC(C)=O)C(OC(C)=O)C2NC(C)=O)NC(=O)CCCC(=O)O)OC(COC(C)=O)C(OC(C)=O)C1OC(C)=O. The maximum absolute atomic E-state index is 13.8. The van der Waals surface area contributed by atoms with Crippen molar-refractivity contribution in [2.75, 3.05) is 59.3 Å². The van der Waals surface area contributed by atoms with E-state index >= 15 is 0 Å². The van der Waals surface area contributed by atoms with Crippen molar-refractivity contribution >= 4 is 101 Å². The number of carboxylic acids is 1. The molecular formula is C75H119N7O33. The fourth-order valence-corrected chi connectivity index (χ4v) is 13.0. The molecule has 40 heteroatoms. The van der Waals surface area contributed by atoms with Gasteiger partial charge in [-0.1, -0.05) is 38.5 Å². The molecule has 652 valence electrons. The van der Waals surface area contributed by atoms with Gasteiger partial charge in [0.15, 0.2) is 55.5 Å². The number of carbonyl (C=O) groups is 17. The average Bonchev–Trinajstić information content (AvgIpc) is 0.800. The second-order valence-electron chi connectivity index (χ2n) is 28.1. The molecule has 3 aliphatic rings. The van der Waals surface area contributed by atoms with E-state index in [1.54, 1.807) is 0 Å². The molecule has 3 aliphatic heterocycles. The fourth-order valence-electron chi connectivity index (χ4n) is 13.0. The summed E-state index contributed by atoms with van der Waals surface area (Å²) in [5.74, 6) is -11.2. The number of ether oxygens (including phenoxy) is 15. The van der Waals surface area contributed by atoms with Crippen LogP contribution in [0.15, 0.2) is 0 Å². The number of hydrogen-bond donors (Lipinski definition) is 8. The van der Waals surface area contributed by atoms with Crippen molar-refractivity contribution in [1.82, 2.24) is 37.2 Å². The van der Waals surface area contributed by atoms with Gasteiger partial charge in [-0.2, -0.15) is 0 Å². The normalized spacial score (nSPS) is 23.4. The second kappa shape index (κ2) is 53.8. The summed E-state index contributed by atoms with van der Waals surface area (Å²) in [6.45, 7) is 13.4.